The molecule has 3 heteroatoms. The van der Waals surface area contributed by atoms with Crippen LogP contribution in [0, 0.1) is 13.0 Å². The molecule has 1 unspecified atom stereocenters. The van der Waals surface area contributed by atoms with Crippen molar-refractivity contribution in [3.63, 3.8) is 0 Å². The second-order valence-corrected chi connectivity index (χ2v) is 4.40. The third-order valence-corrected chi connectivity index (χ3v) is 3.11. The Kier molecular flexibility index (Phi) is 4.89. The second-order valence-electron chi connectivity index (χ2n) is 4.40. The van der Waals surface area contributed by atoms with Gasteiger partial charge in [0.15, 0.2) is 0 Å². The minimum Gasteiger partial charge on any atom is -0.518 e. The summed E-state index contributed by atoms with van der Waals surface area (Å²) in [5.74, 6) is 0.710. The van der Waals surface area contributed by atoms with E-state index in [2.05, 4.69) is 23.2 Å². The fourth-order valence-electron chi connectivity index (χ4n) is 2.11. The van der Waals surface area contributed by atoms with Gasteiger partial charge >= 0.3 is 0 Å². The van der Waals surface area contributed by atoms with Crippen molar-refractivity contribution in [3.05, 3.63) is 71.3 Å². The van der Waals surface area contributed by atoms with Gasteiger partial charge in [-0.3, -0.25) is 4.99 Å². The van der Waals surface area contributed by atoms with Crippen molar-refractivity contribution >= 4 is 5.90 Å². The second kappa shape index (κ2) is 6.45. The van der Waals surface area contributed by atoms with Gasteiger partial charge in [-0.1, -0.05) is 42.8 Å². The average Bonchev–Trinajstić information content (AvgIpc) is 2.90. The van der Waals surface area contributed by atoms with Gasteiger partial charge in [0.2, 0.25) is 0 Å². The summed E-state index contributed by atoms with van der Waals surface area (Å²) in [5, 5.41) is 0. The number of rotatable bonds is 2. The van der Waals surface area contributed by atoms with Crippen molar-refractivity contribution in [2.24, 2.45) is 4.99 Å². The largest absolute Gasteiger partial charge is 0.518 e. The number of aliphatic imine (C=N–C) groups is 1. The fraction of sp³-hybridized carbons (Fsp3) is 0.188. The van der Waals surface area contributed by atoms with Crippen LogP contribution in [-0.4, -0.2) is 12.5 Å². The maximum Gasteiger partial charge on any atom is 0.130 e. The molecule has 1 aliphatic heterocycles. The first-order valence-electron chi connectivity index (χ1n) is 6.08. The Balaban J connectivity index is 0.00000133. The summed E-state index contributed by atoms with van der Waals surface area (Å²) in [6.07, 6.45) is 0. The van der Waals surface area contributed by atoms with Crippen LogP contribution in [0.1, 0.15) is 22.7 Å². The molecule has 0 amide bonds. The molecule has 2 aromatic carbocycles. The van der Waals surface area contributed by atoms with Crippen molar-refractivity contribution < 1.29 is 37.4 Å². The van der Waals surface area contributed by atoms with Gasteiger partial charge in [0.25, 0.3) is 0 Å². The van der Waals surface area contributed by atoms with E-state index < -0.39 is 0 Å². The van der Waals surface area contributed by atoms with Crippen molar-refractivity contribution in [2.45, 2.75) is 13.0 Å². The van der Waals surface area contributed by atoms with Crippen molar-refractivity contribution in [3.8, 4) is 0 Å². The fourth-order valence-corrected chi connectivity index (χ4v) is 2.11. The van der Waals surface area contributed by atoms with E-state index in [1.165, 1.54) is 5.56 Å². The third-order valence-electron chi connectivity index (χ3n) is 3.11. The van der Waals surface area contributed by atoms with E-state index in [4.69, 9.17) is 4.74 Å². The first-order chi connectivity index (χ1) is 8.84. The molecule has 0 aromatic heterocycles. The molecular formula is C16H14NOY-. The summed E-state index contributed by atoms with van der Waals surface area (Å²) < 4.78 is 5.71. The molecule has 0 aliphatic carbocycles. The van der Waals surface area contributed by atoms with E-state index in [9.17, 15) is 0 Å². The predicted octanol–water partition coefficient (Wildman–Crippen LogP) is 3.31. The summed E-state index contributed by atoms with van der Waals surface area (Å²) in [7, 11) is 0. The van der Waals surface area contributed by atoms with Crippen LogP contribution in [0.3, 0.4) is 0 Å². The van der Waals surface area contributed by atoms with Crippen LogP contribution in [0.25, 0.3) is 0 Å². The average molecular weight is 325 g/mol. The Labute approximate surface area is 138 Å². The van der Waals surface area contributed by atoms with Crippen LogP contribution in [0.4, 0.5) is 0 Å². The third kappa shape index (κ3) is 3.13. The molecule has 93 valence electrons. The molecular weight excluding hydrogens is 311 g/mol. The Hall–Kier alpha value is -0.986. The summed E-state index contributed by atoms with van der Waals surface area (Å²) >= 11 is 0. The van der Waals surface area contributed by atoms with E-state index in [-0.39, 0.29) is 38.8 Å². The minimum absolute atomic E-state index is 0. The van der Waals surface area contributed by atoms with Gasteiger partial charge in [0.1, 0.15) is 18.5 Å². The zero-order chi connectivity index (χ0) is 12.4. The Bertz CT molecular complexity index is 580. The molecule has 0 spiro atoms. The maximum absolute atomic E-state index is 5.71. The van der Waals surface area contributed by atoms with Gasteiger partial charge in [-0.15, -0.1) is 29.8 Å². The standard InChI is InChI=1S/C16H14NO.Y/c1-12-7-5-6-10-14(12)16-17-15(11-18-16)13-8-3-2-4-9-13;/h2-9,15H,11H2,1H3;/q-1;. The van der Waals surface area contributed by atoms with E-state index in [1.54, 1.807) is 0 Å². The van der Waals surface area contributed by atoms with E-state index in [0.717, 1.165) is 11.1 Å². The molecule has 3 rings (SSSR count). The van der Waals surface area contributed by atoms with Gasteiger partial charge in [0.05, 0.1) is 0 Å². The topological polar surface area (TPSA) is 21.6 Å². The summed E-state index contributed by atoms with van der Waals surface area (Å²) in [6, 6.07) is 19.5. The molecule has 19 heavy (non-hydrogen) atoms. The Morgan fingerprint density at radius 3 is 2.68 bits per heavy atom. The number of aryl methyl sites for hydroxylation is 1. The predicted molar refractivity (Wildman–Crippen MR) is 71.7 cm³/mol. The quantitative estimate of drug-likeness (QED) is 0.777. The van der Waals surface area contributed by atoms with E-state index >= 15 is 0 Å². The zero-order valence-corrected chi connectivity index (χ0v) is 13.7. The monoisotopic (exact) mass is 325 g/mol. The number of benzene rings is 2. The first-order valence-corrected chi connectivity index (χ1v) is 6.08. The number of ether oxygens (including phenoxy) is 1. The molecule has 1 heterocycles. The Morgan fingerprint density at radius 1 is 1.16 bits per heavy atom. The normalized spacial score (nSPS) is 17.3. The molecule has 0 N–H and O–H groups in total. The van der Waals surface area contributed by atoms with Crippen LogP contribution in [0.2, 0.25) is 0 Å². The molecule has 0 fully saturated rings. The van der Waals surface area contributed by atoms with Crippen molar-refractivity contribution in [1.82, 2.24) is 0 Å². The number of hydrogen-bond acceptors (Lipinski definition) is 2. The molecule has 0 bridgehead atoms. The minimum atomic E-state index is 0. The first kappa shape index (κ1) is 14.4. The van der Waals surface area contributed by atoms with E-state index in [0.29, 0.717) is 12.5 Å². The molecule has 2 aromatic rings. The van der Waals surface area contributed by atoms with Gasteiger partial charge in [-0.2, -0.15) is 0 Å². The van der Waals surface area contributed by atoms with Crippen molar-refractivity contribution in [1.29, 1.82) is 0 Å². The summed E-state index contributed by atoms with van der Waals surface area (Å²) in [4.78, 5) is 4.65. The zero-order valence-electron chi connectivity index (χ0n) is 10.8. The van der Waals surface area contributed by atoms with Gasteiger partial charge in [0, 0.05) is 32.7 Å². The number of nitrogens with zero attached hydrogens (tertiary/aromatic N) is 1. The van der Waals surface area contributed by atoms with Crippen molar-refractivity contribution in [2.75, 3.05) is 6.61 Å². The molecule has 2 nitrogen and oxygen atoms in total. The molecule has 1 radical (unpaired) electrons. The van der Waals surface area contributed by atoms with Gasteiger partial charge in [-0.25, -0.2) is 0 Å². The summed E-state index contributed by atoms with van der Waals surface area (Å²) in [6.45, 7) is 2.66. The Morgan fingerprint density at radius 2 is 1.95 bits per heavy atom. The van der Waals surface area contributed by atoms with Crippen LogP contribution < -0.4 is 0 Å². The maximum atomic E-state index is 5.71. The molecule has 1 aliphatic rings. The molecule has 0 saturated carbocycles. The number of hydrogen-bond donors (Lipinski definition) is 0. The van der Waals surface area contributed by atoms with Crippen LogP contribution >= 0.6 is 0 Å². The van der Waals surface area contributed by atoms with Crippen LogP contribution in [0.5, 0.6) is 0 Å². The molecule has 0 saturated heterocycles. The summed E-state index contributed by atoms with van der Waals surface area (Å²) in [5.41, 5.74) is 3.31. The van der Waals surface area contributed by atoms with E-state index in [1.807, 2.05) is 43.3 Å². The van der Waals surface area contributed by atoms with Crippen LogP contribution in [0.15, 0.2) is 53.5 Å². The smallest absolute Gasteiger partial charge is 0.130 e. The van der Waals surface area contributed by atoms with Crippen LogP contribution in [-0.2, 0) is 37.4 Å². The molecule has 1 atom stereocenters. The SMILES string of the molecule is Cc1ccc[c-]c1C1=NC(c2ccccc2)CO1.[Y]. The van der Waals surface area contributed by atoms with Gasteiger partial charge < -0.3 is 4.74 Å². The van der Waals surface area contributed by atoms with Gasteiger partial charge in [-0.05, 0) is 5.56 Å².